The minimum Gasteiger partial charge on any atom is -0.486 e. The molecule has 9 nitrogen and oxygen atoms in total. The summed E-state index contributed by atoms with van der Waals surface area (Å²) in [7, 11) is -3.91. The Morgan fingerprint density at radius 2 is 1.85 bits per heavy atom. The summed E-state index contributed by atoms with van der Waals surface area (Å²) < 4.78 is 38.9. The molecule has 3 aromatic rings. The second-order valence-electron chi connectivity index (χ2n) is 7.33. The van der Waals surface area contributed by atoms with Gasteiger partial charge >= 0.3 is 0 Å². The lowest BCUT2D eigenvalue weighted by Crippen LogP contribution is -2.21. The lowest BCUT2D eigenvalue weighted by molar-refractivity contribution is -0.116. The van der Waals surface area contributed by atoms with Crippen LogP contribution < -0.4 is 20.5 Å². The molecule has 0 bridgehead atoms. The van der Waals surface area contributed by atoms with E-state index >= 15 is 0 Å². The molecule has 0 saturated heterocycles. The second-order valence-corrected chi connectivity index (χ2v) is 10.5. The van der Waals surface area contributed by atoms with Gasteiger partial charge in [-0.2, -0.15) is 5.10 Å². The van der Waals surface area contributed by atoms with Crippen molar-refractivity contribution in [3.63, 3.8) is 0 Å². The summed E-state index contributed by atoms with van der Waals surface area (Å²) >= 11 is 1.25. The number of ether oxygens (including phenoxy) is 2. The molecule has 33 heavy (non-hydrogen) atoms. The van der Waals surface area contributed by atoms with E-state index in [1.165, 1.54) is 28.6 Å². The molecule has 1 amide bonds. The number of amides is 1. The van der Waals surface area contributed by atoms with Gasteiger partial charge < -0.3 is 20.5 Å². The van der Waals surface area contributed by atoms with Gasteiger partial charge in [-0.05, 0) is 36.9 Å². The van der Waals surface area contributed by atoms with Crippen LogP contribution in [-0.2, 0) is 21.2 Å². The summed E-state index contributed by atoms with van der Waals surface area (Å²) in [6.45, 7) is 4.42. The van der Waals surface area contributed by atoms with E-state index in [2.05, 4.69) is 10.4 Å². The van der Waals surface area contributed by atoms with Crippen LogP contribution in [0.15, 0.2) is 57.3 Å². The summed E-state index contributed by atoms with van der Waals surface area (Å²) in [6.07, 6.45) is 0. The number of carbonyl (C=O) groups excluding carboxylic acids is 1. The molecule has 1 aliphatic rings. The number of nitrogen functional groups attached to an aromatic ring is 1. The maximum Gasteiger partial charge on any atom is 0.246 e. The third-order valence-electron chi connectivity index (χ3n) is 4.92. The molecule has 1 aliphatic heterocycles. The molecule has 11 heteroatoms. The number of benzene rings is 2. The first kappa shape index (κ1) is 23.0. The van der Waals surface area contributed by atoms with Crippen molar-refractivity contribution in [3.05, 3.63) is 48.0 Å². The Morgan fingerprint density at radius 3 is 2.55 bits per heavy atom. The fourth-order valence-electron chi connectivity index (χ4n) is 3.33. The molecule has 0 fully saturated rings. The van der Waals surface area contributed by atoms with Crippen molar-refractivity contribution < 1.29 is 22.7 Å². The van der Waals surface area contributed by atoms with Gasteiger partial charge in [0.15, 0.2) is 11.5 Å². The Labute approximate surface area is 196 Å². The first-order valence-corrected chi connectivity index (χ1v) is 12.8. The van der Waals surface area contributed by atoms with E-state index in [4.69, 9.17) is 15.2 Å². The van der Waals surface area contributed by atoms with Gasteiger partial charge in [-0.15, -0.1) is 11.8 Å². The highest BCUT2D eigenvalue weighted by Crippen LogP contribution is 2.35. The van der Waals surface area contributed by atoms with Crippen LogP contribution in [-0.4, -0.2) is 43.1 Å². The Morgan fingerprint density at radius 1 is 1.15 bits per heavy atom. The van der Waals surface area contributed by atoms with Crippen molar-refractivity contribution in [1.82, 2.24) is 9.78 Å². The van der Waals surface area contributed by atoms with Crippen LogP contribution in [0.1, 0.15) is 12.5 Å². The monoisotopic (exact) mass is 488 g/mol. The highest BCUT2D eigenvalue weighted by Gasteiger charge is 2.30. The number of sulfone groups is 1. The van der Waals surface area contributed by atoms with Crippen LogP contribution in [0.4, 0.5) is 11.5 Å². The highest BCUT2D eigenvalue weighted by molar-refractivity contribution is 8.00. The molecule has 4 rings (SSSR count). The van der Waals surface area contributed by atoms with Crippen LogP contribution >= 0.6 is 11.8 Å². The largest absolute Gasteiger partial charge is 0.486 e. The normalized spacial score (nSPS) is 13.0. The highest BCUT2D eigenvalue weighted by atomic mass is 32.2. The number of thioether (sulfide) groups is 1. The van der Waals surface area contributed by atoms with E-state index in [0.717, 1.165) is 5.56 Å². The van der Waals surface area contributed by atoms with Crippen molar-refractivity contribution in [3.8, 4) is 11.5 Å². The molecular formula is C22H24N4O5S2. The minimum absolute atomic E-state index is 0.0784. The lowest BCUT2D eigenvalue weighted by atomic mass is 10.2. The van der Waals surface area contributed by atoms with Gasteiger partial charge in [-0.3, -0.25) is 4.79 Å². The fraction of sp³-hybridized carbons (Fsp3) is 0.273. The second kappa shape index (κ2) is 9.36. The summed E-state index contributed by atoms with van der Waals surface area (Å²) in [6, 6.07) is 11.6. The molecule has 1 aromatic heterocycles. The Bertz CT molecular complexity index is 1290. The number of aromatic nitrogens is 2. The number of rotatable bonds is 7. The summed E-state index contributed by atoms with van der Waals surface area (Å²) in [5.41, 5.74) is 7.67. The van der Waals surface area contributed by atoms with Crippen LogP contribution in [0.2, 0.25) is 0 Å². The predicted octanol–water partition coefficient (Wildman–Crippen LogP) is 3.13. The number of anilines is 2. The molecule has 3 N–H and O–H groups in total. The van der Waals surface area contributed by atoms with E-state index in [1.54, 1.807) is 30.3 Å². The van der Waals surface area contributed by atoms with Crippen LogP contribution in [0.3, 0.4) is 0 Å². The van der Waals surface area contributed by atoms with Gasteiger partial charge in [-0.25, -0.2) is 13.1 Å². The van der Waals surface area contributed by atoms with Crippen LogP contribution in [0.5, 0.6) is 11.5 Å². The SMILES string of the molecule is CCSc1nn(CC(=O)Nc2ccc3c(c2)OCCO3)c(N)c1S(=O)(=O)c1ccc(C)cc1. The first-order valence-electron chi connectivity index (χ1n) is 10.3. The minimum atomic E-state index is -3.91. The van der Waals surface area contributed by atoms with Gasteiger partial charge in [0.05, 0.1) is 4.90 Å². The molecule has 0 atom stereocenters. The van der Waals surface area contributed by atoms with Gasteiger partial charge in [0.2, 0.25) is 15.7 Å². The number of nitrogens with zero attached hydrogens (tertiary/aromatic N) is 2. The molecule has 0 radical (unpaired) electrons. The molecule has 174 valence electrons. The predicted molar refractivity (Wildman–Crippen MR) is 126 cm³/mol. The fourth-order valence-corrected chi connectivity index (χ4v) is 5.89. The van der Waals surface area contributed by atoms with E-state index in [0.29, 0.717) is 36.2 Å². The Kier molecular flexibility index (Phi) is 6.52. The zero-order chi connectivity index (χ0) is 23.6. The summed E-state index contributed by atoms with van der Waals surface area (Å²) in [4.78, 5) is 12.7. The van der Waals surface area contributed by atoms with Crippen molar-refractivity contribution in [2.45, 2.75) is 35.2 Å². The van der Waals surface area contributed by atoms with E-state index in [-0.39, 0.29) is 27.2 Å². The van der Waals surface area contributed by atoms with Crippen LogP contribution in [0.25, 0.3) is 0 Å². The number of nitrogens with one attached hydrogen (secondary N) is 1. The average molecular weight is 489 g/mol. The van der Waals surface area contributed by atoms with E-state index in [1.807, 2.05) is 13.8 Å². The average Bonchev–Trinajstić information content (AvgIpc) is 3.09. The van der Waals surface area contributed by atoms with Crippen molar-refractivity contribution in [1.29, 1.82) is 0 Å². The maximum atomic E-state index is 13.3. The molecular weight excluding hydrogens is 464 g/mol. The van der Waals surface area contributed by atoms with E-state index < -0.39 is 15.7 Å². The van der Waals surface area contributed by atoms with Gasteiger partial charge in [0.25, 0.3) is 0 Å². The number of hydrogen-bond acceptors (Lipinski definition) is 8. The van der Waals surface area contributed by atoms with Gasteiger partial charge in [0.1, 0.15) is 35.5 Å². The van der Waals surface area contributed by atoms with Gasteiger partial charge in [0, 0.05) is 11.8 Å². The molecule has 0 unspecified atom stereocenters. The van der Waals surface area contributed by atoms with Crippen LogP contribution in [0, 0.1) is 6.92 Å². The Hall–Kier alpha value is -3.18. The van der Waals surface area contributed by atoms with Crippen molar-refractivity contribution in [2.24, 2.45) is 0 Å². The number of nitrogens with two attached hydrogens (primary N) is 1. The third kappa shape index (κ3) is 4.79. The Balaban J connectivity index is 1.59. The number of hydrogen-bond donors (Lipinski definition) is 2. The summed E-state index contributed by atoms with van der Waals surface area (Å²) in [5, 5.41) is 7.35. The number of aryl methyl sites for hydroxylation is 1. The standard InChI is InChI=1S/C22H24N4O5S2/c1-3-32-22-20(33(28,29)16-7-4-14(2)5-8-16)21(23)26(25-22)13-19(27)24-15-6-9-17-18(12-15)31-11-10-30-17/h4-9,12H,3,10-11,13,23H2,1-2H3,(H,24,27). The topological polar surface area (TPSA) is 126 Å². The number of carbonyl (C=O) groups is 1. The number of fused-ring (bicyclic) bond motifs is 1. The lowest BCUT2D eigenvalue weighted by Gasteiger charge is -2.19. The zero-order valence-electron chi connectivity index (χ0n) is 18.2. The quantitative estimate of drug-likeness (QED) is 0.486. The molecule has 2 heterocycles. The molecule has 0 spiro atoms. The first-order chi connectivity index (χ1) is 15.8. The smallest absolute Gasteiger partial charge is 0.246 e. The zero-order valence-corrected chi connectivity index (χ0v) is 19.8. The van der Waals surface area contributed by atoms with Gasteiger partial charge in [-0.1, -0.05) is 24.6 Å². The maximum absolute atomic E-state index is 13.3. The molecule has 0 saturated carbocycles. The third-order valence-corrected chi connectivity index (χ3v) is 7.73. The summed E-state index contributed by atoms with van der Waals surface area (Å²) in [5.74, 6) is 1.27. The molecule has 0 aliphatic carbocycles. The van der Waals surface area contributed by atoms with E-state index in [9.17, 15) is 13.2 Å². The molecule has 2 aromatic carbocycles. The van der Waals surface area contributed by atoms with Crippen molar-refractivity contribution >= 4 is 39.0 Å². The van der Waals surface area contributed by atoms with Crippen molar-refractivity contribution in [2.75, 3.05) is 30.0 Å².